The summed E-state index contributed by atoms with van der Waals surface area (Å²) in [5, 5.41) is 34.4. The average molecular weight is 408 g/mol. The topological polar surface area (TPSA) is 111 Å². The Morgan fingerprint density at radius 1 is 0.900 bits per heavy atom. The molecular weight excluding hydrogens is 396 g/mol. The molecule has 142 valence electrons. The molecule has 0 fully saturated rings. The van der Waals surface area contributed by atoms with Crippen molar-refractivity contribution in [2.75, 3.05) is 0 Å². The zero-order chi connectivity index (χ0) is 20.5. The van der Waals surface area contributed by atoms with Crippen LogP contribution >= 0.6 is 11.8 Å². The van der Waals surface area contributed by atoms with E-state index in [4.69, 9.17) is 0 Å². The lowest BCUT2D eigenvalue weighted by Crippen LogP contribution is -1.93. The third kappa shape index (κ3) is 3.00. The Balaban J connectivity index is 1.65. The number of benzene rings is 1. The van der Waals surface area contributed by atoms with Crippen molar-refractivity contribution in [1.82, 2.24) is 29.6 Å². The highest BCUT2D eigenvalue weighted by atomic mass is 32.2. The minimum Gasteiger partial charge on any atom is -0.283 e. The monoisotopic (exact) mass is 408 g/mol. The van der Waals surface area contributed by atoms with Gasteiger partial charge in [-0.2, -0.15) is 25.8 Å². The fourth-order valence-electron chi connectivity index (χ4n) is 3.15. The first kappa shape index (κ1) is 17.7. The number of hydrogen-bond acceptors (Lipinski definition) is 6. The number of fused-ring (bicyclic) bond motifs is 1. The number of H-pyrrole nitrogens is 1. The van der Waals surface area contributed by atoms with E-state index in [9.17, 15) is 10.5 Å². The van der Waals surface area contributed by atoms with Gasteiger partial charge in [0.25, 0.3) is 0 Å². The molecule has 0 aliphatic rings. The molecule has 8 nitrogen and oxygen atoms in total. The average Bonchev–Trinajstić information content (AvgIpc) is 3.53. The lowest BCUT2D eigenvalue weighted by atomic mass is 10.1. The first-order valence-electron chi connectivity index (χ1n) is 8.89. The van der Waals surface area contributed by atoms with Crippen LogP contribution in [0.2, 0.25) is 0 Å². The van der Waals surface area contributed by atoms with Crippen molar-refractivity contribution in [1.29, 1.82) is 10.5 Å². The highest BCUT2D eigenvalue weighted by Gasteiger charge is 2.15. The molecule has 0 unspecified atom stereocenters. The maximum absolute atomic E-state index is 9.52. The summed E-state index contributed by atoms with van der Waals surface area (Å²) in [7, 11) is 0. The van der Waals surface area contributed by atoms with E-state index in [-0.39, 0.29) is 0 Å². The Bertz CT molecular complexity index is 1450. The standard InChI is InChI=1S/C21H12N8S/c22-6-14-3-1-2-4-19(14)30-20-5-15(12-29-21(20)16(7-23)8-27-29)17-9-26-28(13-17)18-10-24-25-11-18/h1-5,8-13H,(H,24,25). The highest BCUT2D eigenvalue weighted by molar-refractivity contribution is 7.99. The minimum atomic E-state index is 0.479. The van der Waals surface area contributed by atoms with Gasteiger partial charge in [-0.15, -0.1) is 0 Å². The zero-order valence-corrected chi connectivity index (χ0v) is 16.2. The maximum Gasteiger partial charge on any atom is 0.103 e. The third-order valence-corrected chi connectivity index (χ3v) is 5.70. The smallest absolute Gasteiger partial charge is 0.103 e. The van der Waals surface area contributed by atoms with Crippen molar-refractivity contribution in [3.63, 3.8) is 0 Å². The van der Waals surface area contributed by atoms with Crippen LogP contribution in [-0.2, 0) is 0 Å². The molecule has 5 aromatic rings. The molecule has 0 radical (unpaired) electrons. The molecule has 0 saturated carbocycles. The quantitative estimate of drug-likeness (QED) is 0.484. The highest BCUT2D eigenvalue weighted by Crippen LogP contribution is 2.37. The van der Waals surface area contributed by atoms with E-state index < -0.39 is 0 Å². The van der Waals surface area contributed by atoms with Gasteiger partial charge in [-0.1, -0.05) is 23.9 Å². The number of pyridine rings is 1. The van der Waals surface area contributed by atoms with Gasteiger partial charge < -0.3 is 0 Å². The fraction of sp³-hybridized carbons (Fsp3) is 0. The molecule has 0 atom stereocenters. The van der Waals surface area contributed by atoms with E-state index in [0.29, 0.717) is 16.6 Å². The largest absolute Gasteiger partial charge is 0.283 e. The Morgan fingerprint density at radius 3 is 2.57 bits per heavy atom. The number of aromatic nitrogens is 6. The number of aromatic amines is 1. The normalized spacial score (nSPS) is 10.7. The first-order chi connectivity index (χ1) is 14.8. The molecule has 0 aliphatic heterocycles. The van der Waals surface area contributed by atoms with Crippen molar-refractivity contribution >= 4 is 17.3 Å². The van der Waals surface area contributed by atoms with Gasteiger partial charge in [0.1, 0.15) is 17.8 Å². The Morgan fingerprint density at radius 2 is 1.77 bits per heavy atom. The summed E-state index contributed by atoms with van der Waals surface area (Å²) in [6, 6.07) is 13.8. The van der Waals surface area contributed by atoms with Crippen LogP contribution in [-0.4, -0.2) is 29.6 Å². The number of hydrogen-bond donors (Lipinski definition) is 1. The van der Waals surface area contributed by atoms with E-state index in [1.165, 1.54) is 11.8 Å². The molecule has 0 bridgehead atoms. The van der Waals surface area contributed by atoms with Gasteiger partial charge in [-0.05, 0) is 18.2 Å². The zero-order valence-electron chi connectivity index (χ0n) is 15.4. The van der Waals surface area contributed by atoms with Gasteiger partial charge in [0.15, 0.2) is 0 Å². The summed E-state index contributed by atoms with van der Waals surface area (Å²) in [6.07, 6.45) is 10.5. The molecule has 0 aliphatic carbocycles. The second-order valence-corrected chi connectivity index (χ2v) is 7.48. The number of rotatable bonds is 4. The molecule has 0 saturated heterocycles. The second-order valence-electron chi connectivity index (χ2n) is 6.40. The third-order valence-electron chi connectivity index (χ3n) is 4.59. The van der Waals surface area contributed by atoms with Gasteiger partial charge in [0.2, 0.25) is 0 Å². The van der Waals surface area contributed by atoms with Crippen LogP contribution in [0, 0.1) is 22.7 Å². The fourth-order valence-corrected chi connectivity index (χ4v) is 4.24. The van der Waals surface area contributed by atoms with Crippen molar-refractivity contribution in [3.05, 3.63) is 78.6 Å². The van der Waals surface area contributed by atoms with Crippen LogP contribution in [0.3, 0.4) is 0 Å². The van der Waals surface area contributed by atoms with Crippen molar-refractivity contribution in [2.45, 2.75) is 9.79 Å². The Kier molecular flexibility index (Phi) is 4.28. The second kappa shape index (κ2) is 7.24. The Labute approximate surface area is 175 Å². The SMILES string of the molecule is N#Cc1ccccc1Sc1cc(-c2cnn(-c3cn[nH]c3)c2)cn2ncc(C#N)c12. The summed E-state index contributed by atoms with van der Waals surface area (Å²) in [5.41, 5.74) is 4.38. The van der Waals surface area contributed by atoms with Gasteiger partial charge in [0.05, 0.1) is 35.2 Å². The van der Waals surface area contributed by atoms with E-state index in [1.54, 1.807) is 40.1 Å². The Hall–Kier alpha value is -4.34. The van der Waals surface area contributed by atoms with Crippen LogP contribution in [0.15, 0.2) is 77.3 Å². The van der Waals surface area contributed by atoms with Gasteiger partial charge in [0, 0.05) is 39.5 Å². The van der Waals surface area contributed by atoms with Crippen molar-refractivity contribution < 1.29 is 0 Å². The molecule has 0 amide bonds. The number of nitrogens with zero attached hydrogens (tertiary/aromatic N) is 7. The van der Waals surface area contributed by atoms with Crippen LogP contribution in [0.5, 0.6) is 0 Å². The lowest BCUT2D eigenvalue weighted by molar-refractivity contribution is 0.881. The predicted octanol–water partition coefficient (Wildman–Crippen LogP) is 3.80. The summed E-state index contributed by atoms with van der Waals surface area (Å²) in [6.45, 7) is 0. The van der Waals surface area contributed by atoms with E-state index >= 15 is 0 Å². The van der Waals surface area contributed by atoms with Gasteiger partial charge in [-0.3, -0.25) is 5.10 Å². The van der Waals surface area contributed by atoms with E-state index in [0.717, 1.165) is 26.6 Å². The number of nitriles is 2. The number of nitrogens with one attached hydrogen (secondary N) is 1. The molecule has 5 rings (SSSR count). The van der Waals surface area contributed by atoms with Crippen LogP contribution in [0.1, 0.15) is 11.1 Å². The molecule has 0 spiro atoms. The molecule has 1 aromatic carbocycles. The van der Waals surface area contributed by atoms with Crippen molar-refractivity contribution in [3.8, 4) is 29.0 Å². The lowest BCUT2D eigenvalue weighted by Gasteiger charge is -2.09. The summed E-state index contributed by atoms with van der Waals surface area (Å²) in [4.78, 5) is 1.65. The molecule has 9 heteroatoms. The molecule has 30 heavy (non-hydrogen) atoms. The van der Waals surface area contributed by atoms with E-state index in [2.05, 4.69) is 32.5 Å². The minimum absolute atomic E-state index is 0.479. The molecule has 4 heterocycles. The summed E-state index contributed by atoms with van der Waals surface area (Å²) >= 11 is 1.44. The van der Waals surface area contributed by atoms with Crippen molar-refractivity contribution in [2.24, 2.45) is 0 Å². The summed E-state index contributed by atoms with van der Waals surface area (Å²) in [5.74, 6) is 0. The van der Waals surface area contributed by atoms with E-state index in [1.807, 2.05) is 36.7 Å². The first-order valence-corrected chi connectivity index (χ1v) is 9.71. The summed E-state index contributed by atoms with van der Waals surface area (Å²) < 4.78 is 3.42. The predicted molar refractivity (Wildman–Crippen MR) is 110 cm³/mol. The molecule has 1 N–H and O–H groups in total. The van der Waals surface area contributed by atoms with Crippen LogP contribution in [0.25, 0.3) is 22.3 Å². The molecule has 4 aromatic heterocycles. The molecular formula is C21H12N8S. The van der Waals surface area contributed by atoms with Crippen LogP contribution in [0.4, 0.5) is 0 Å². The van der Waals surface area contributed by atoms with Gasteiger partial charge >= 0.3 is 0 Å². The maximum atomic E-state index is 9.52. The van der Waals surface area contributed by atoms with Crippen LogP contribution < -0.4 is 0 Å². The van der Waals surface area contributed by atoms with Gasteiger partial charge in [-0.25, -0.2) is 9.20 Å².